The molecule has 0 heterocycles. The number of alkyl halides is 5. The van der Waals surface area contributed by atoms with Crippen molar-refractivity contribution in [3.63, 3.8) is 0 Å². The van der Waals surface area contributed by atoms with Crippen LogP contribution in [0.25, 0.3) is 33.4 Å². The summed E-state index contributed by atoms with van der Waals surface area (Å²) in [4.78, 5) is 0. The summed E-state index contributed by atoms with van der Waals surface area (Å²) in [6.07, 6.45) is -4.65. The van der Waals surface area contributed by atoms with Gasteiger partial charge in [0.1, 0.15) is 17.4 Å². The summed E-state index contributed by atoms with van der Waals surface area (Å²) in [7, 11) is 0. The van der Waals surface area contributed by atoms with Crippen LogP contribution in [0.15, 0.2) is 103 Å². The molecule has 5 aromatic rings. The second kappa shape index (κ2) is 13.9. The molecule has 0 aliphatic carbocycles. The van der Waals surface area contributed by atoms with Crippen LogP contribution in [0.3, 0.4) is 0 Å². The lowest BCUT2D eigenvalue weighted by atomic mass is 9.97. The van der Waals surface area contributed by atoms with Gasteiger partial charge in [-0.3, -0.25) is 0 Å². The van der Waals surface area contributed by atoms with E-state index in [2.05, 4.69) is 11.7 Å². The predicted molar refractivity (Wildman–Crippen MR) is 163 cm³/mol. The van der Waals surface area contributed by atoms with Gasteiger partial charge in [-0.2, -0.15) is 8.78 Å². The molecule has 0 fully saturated rings. The highest BCUT2D eigenvalue weighted by molar-refractivity contribution is 5.71. The first kappa shape index (κ1) is 33.5. The van der Waals surface area contributed by atoms with Crippen LogP contribution >= 0.6 is 0 Å². The van der Waals surface area contributed by atoms with Crippen LogP contribution in [0.1, 0.15) is 37.3 Å². The maximum Gasteiger partial charge on any atom is 0.573 e. The Morgan fingerprint density at radius 1 is 0.532 bits per heavy atom. The lowest BCUT2D eigenvalue weighted by molar-refractivity contribution is -0.275. The van der Waals surface area contributed by atoms with Gasteiger partial charge in [0.15, 0.2) is 11.6 Å². The number of unbranched alkanes of at least 4 members (excludes halogenated alkanes) is 2. The van der Waals surface area contributed by atoms with Gasteiger partial charge >= 0.3 is 12.5 Å². The van der Waals surface area contributed by atoms with Crippen LogP contribution in [-0.4, -0.2) is 6.36 Å². The third-order valence-corrected chi connectivity index (χ3v) is 7.51. The van der Waals surface area contributed by atoms with Crippen LogP contribution < -0.4 is 9.47 Å². The molecule has 5 aromatic carbocycles. The second-order valence-electron chi connectivity index (χ2n) is 10.9. The third-order valence-electron chi connectivity index (χ3n) is 7.51. The third kappa shape index (κ3) is 8.30. The fourth-order valence-corrected chi connectivity index (χ4v) is 5.09. The molecule has 244 valence electrons. The van der Waals surface area contributed by atoms with Gasteiger partial charge < -0.3 is 9.47 Å². The van der Waals surface area contributed by atoms with Crippen molar-refractivity contribution < 1.29 is 44.6 Å². The normalized spacial score (nSPS) is 11.9. The summed E-state index contributed by atoms with van der Waals surface area (Å²) < 4.78 is 120. The van der Waals surface area contributed by atoms with Gasteiger partial charge in [-0.05, 0) is 83.1 Å². The molecule has 0 unspecified atom stereocenters. The first-order valence-electron chi connectivity index (χ1n) is 14.7. The van der Waals surface area contributed by atoms with E-state index in [0.29, 0.717) is 29.3 Å². The molecule has 0 N–H and O–H groups in total. The number of benzene rings is 5. The fourth-order valence-electron chi connectivity index (χ4n) is 5.09. The van der Waals surface area contributed by atoms with Crippen molar-refractivity contribution in [2.75, 3.05) is 0 Å². The van der Waals surface area contributed by atoms with Gasteiger partial charge in [0.25, 0.3) is 0 Å². The van der Waals surface area contributed by atoms with Gasteiger partial charge in [0, 0.05) is 17.2 Å². The van der Waals surface area contributed by atoms with E-state index < -0.39 is 47.0 Å². The number of aryl methyl sites for hydroxylation is 1. The van der Waals surface area contributed by atoms with Crippen molar-refractivity contribution in [2.24, 2.45) is 0 Å². The van der Waals surface area contributed by atoms with Crippen molar-refractivity contribution in [3.8, 4) is 44.9 Å². The topological polar surface area (TPSA) is 18.5 Å². The molecule has 0 spiro atoms. The zero-order valence-electron chi connectivity index (χ0n) is 25.0. The number of halogens is 8. The molecule has 10 heteroatoms. The number of hydrogen-bond donors (Lipinski definition) is 0. The highest BCUT2D eigenvalue weighted by atomic mass is 19.4. The number of rotatable bonds is 11. The van der Waals surface area contributed by atoms with Crippen LogP contribution in [0, 0.1) is 17.5 Å². The Morgan fingerprint density at radius 3 is 1.72 bits per heavy atom. The van der Waals surface area contributed by atoms with Crippen molar-refractivity contribution in [2.45, 2.75) is 45.1 Å². The molecular formula is C37H28F8O2. The molecule has 0 aliphatic rings. The zero-order valence-corrected chi connectivity index (χ0v) is 25.0. The van der Waals surface area contributed by atoms with E-state index in [-0.39, 0.29) is 16.7 Å². The molecule has 5 rings (SSSR count). The molecule has 0 atom stereocenters. The fraction of sp³-hybridized carbons (Fsp3) is 0.189. The molecular weight excluding hydrogens is 628 g/mol. The van der Waals surface area contributed by atoms with E-state index in [1.807, 2.05) is 24.3 Å². The smallest absolute Gasteiger partial charge is 0.429 e. The van der Waals surface area contributed by atoms with E-state index in [1.165, 1.54) is 23.8 Å². The van der Waals surface area contributed by atoms with E-state index in [4.69, 9.17) is 4.74 Å². The minimum Gasteiger partial charge on any atom is -0.429 e. The quantitative estimate of drug-likeness (QED) is 0.104. The lowest BCUT2D eigenvalue weighted by Crippen LogP contribution is -2.21. The summed E-state index contributed by atoms with van der Waals surface area (Å²) in [5.41, 5.74) is 2.32. The summed E-state index contributed by atoms with van der Waals surface area (Å²) in [5, 5.41) is 0. The molecule has 0 bridgehead atoms. The van der Waals surface area contributed by atoms with Crippen LogP contribution in [-0.2, 0) is 12.5 Å². The minimum absolute atomic E-state index is 0.153. The van der Waals surface area contributed by atoms with Gasteiger partial charge in [-0.15, -0.1) is 13.2 Å². The van der Waals surface area contributed by atoms with Crippen LogP contribution in [0.5, 0.6) is 11.5 Å². The molecule has 0 radical (unpaired) electrons. The highest BCUT2D eigenvalue weighted by Crippen LogP contribution is 2.37. The number of hydrogen-bond acceptors (Lipinski definition) is 2. The van der Waals surface area contributed by atoms with Gasteiger partial charge in [0.2, 0.25) is 0 Å². The molecule has 2 nitrogen and oxygen atoms in total. The Morgan fingerprint density at radius 2 is 1.11 bits per heavy atom. The standard InChI is InChI=1S/C37H28F8O2/c1-2-3-4-5-23-6-8-24(9-7-23)26-12-17-30(32(38)20-26)25-10-14-28(15-11-25)36(41,42)46-29-16-18-31(33(39)22-29)27-13-19-35(34(40)21-27)47-37(43,44)45/h6-22H,2-5H2,1H3. The minimum atomic E-state index is -5.12. The molecule has 0 amide bonds. The SMILES string of the molecule is CCCCCc1ccc(-c2ccc(-c3ccc(C(F)(F)Oc4ccc(-c5ccc(OC(F)(F)F)c(F)c5)c(F)c4)cc3)c(F)c2)cc1. The molecule has 47 heavy (non-hydrogen) atoms. The second-order valence-corrected chi connectivity index (χ2v) is 10.9. The summed E-state index contributed by atoms with van der Waals surface area (Å²) >= 11 is 0. The average molecular weight is 657 g/mol. The molecule has 0 saturated heterocycles. The van der Waals surface area contributed by atoms with Gasteiger partial charge in [-0.1, -0.05) is 74.4 Å². The van der Waals surface area contributed by atoms with Gasteiger partial charge in [-0.25, -0.2) is 13.2 Å². The first-order valence-corrected chi connectivity index (χ1v) is 14.7. The summed E-state index contributed by atoms with van der Waals surface area (Å²) in [5.74, 6) is -4.67. The van der Waals surface area contributed by atoms with E-state index in [9.17, 15) is 22.0 Å². The average Bonchev–Trinajstić information content (AvgIpc) is 3.02. The zero-order chi connectivity index (χ0) is 33.8. The molecule has 0 aliphatic heterocycles. The summed E-state index contributed by atoms with van der Waals surface area (Å²) in [6.45, 7) is 2.15. The van der Waals surface area contributed by atoms with Crippen LogP contribution in [0.2, 0.25) is 0 Å². The van der Waals surface area contributed by atoms with E-state index in [1.54, 1.807) is 12.1 Å². The Balaban J connectivity index is 1.27. The van der Waals surface area contributed by atoms with E-state index in [0.717, 1.165) is 61.6 Å². The van der Waals surface area contributed by atoms with Crippen LogP contribution in [0.4, 0.5) is 35.1 Å². The van der Waals surface area contributed by atoms with Crippen molar-refractivity contribution >= 4 is 0 Å². The predicted octanol–water partition coefficient (Wildman–Crippen LogP) is 11.9. The highest BCUT2D eigenvalue weighted by Gasteiger charge is 2.35. The molecule has 0 saturated carbocycles. The molecule has 0 aromatic heterocycles. The monoisotopic (exact) mass is 656 g/mol. The van der Waals surface area contributed by atoms with E-state index >= 15 is 13.2 Å². The van der Waals surface area contributed by atoms with Crippen molar-refractivity contribution in [1.82, 2.24) is 0 Å². The first-order chi connectivity index (χ1) is 22.3. The Labute approximate surface area is 266 Å². The maximum atomic E-state index is 15.1. The number of ether oxygens (including phenoxy) is 2. The van der Waals surface area contributed by atoms with Crippen molar-refractivity contribution in [1.29, 1.82) is 0 Å². The Bertz CT molecular complexity index is 1830. The largest absolute Gasteiger partial charge is 0.573 e. The Hall–Kier alpha value is -4.86. The lowest BCUT2D eigenvalue weighted by Gasteiger charge is -2.19. The Kier molecular flexibility index (Phi) is 9.88. The van der Waals surface area contributed by atoms with Gasteiger partial charge in [0.05, 0.1) is 5.56 Å². The maximum absolute atomic E-state index is 15.1. The van der Waals surface area contributed by atoms with Crippen molar-refractivity contribution in [3.05, 3.63) is 132 Å². The summed E-state index contributed by atoms with van der Waals surface area (Å²) in [6, 6.07) is 22.4.